The summed E-state index contributed by atoms with van der Waals surface area (Å²) in [5, 5.41) is 3.10. The van der Waals surface area contributed by atoms with Crippen molar-refractivity contribution in [2.75, 3.05) is 33.4 Å². The van der Waals surface area contributed by atoms with Gasteiger partial charge >= 0.3 is 7.12 Å². The molecule has 1 fully saturated rings. The van der Waals surface area contributed by atoms with Crippen molar-refractivity contribution >= 4 is 24.2 Å². The number of hydrogen-bond acceptors (Lipinski definition) is 4. The van der Waals surface area contributed by atoms with Crippen LogP contribution in [0, 0.1) is 0 Å². The maximum absolute atomic E-state index is 5.77. The monoisotopic (exact) mass is 441 g/mol. The Hall–Kier alpha value is -2.86. The number of benzene rings is 3. The van der Waals surface area contributed by atoms with E-state index in [2.05, 4.69) is 85.0 Å². The minimum atomic E-state index is -0.249. The summed E-state index contributed by atoms with van der Waals surface area (Å²) in [6.07, 6.45) is 3.23. The van der Waals surface area contributed by atoms with E-state index in [9.17, 15) is 0 Å². The zero-order valence-corrected chi connectivity index (χ0v) is 19.5. The Morgan fingerprint density at radius 1 is 0.970 bits per heavy atom. The van der Waals surface area contributed by atoms with Crippen LogP contribution >= 0.6 is 0 Å². The topological polar surface area (TPSA) is 39.7 Å². The third-order valence-electron chi connectivity index (χ3n) is 5.93. The summed E-state index contributed by atoms with van der Waals surface area (Å²) in [7, 11) is 1.68. The van der Waals surface area contributed by atoms with E-state index in [0.29, 0.717) is 6.61 Å². The molecule has 4 nitrogen and oxygen atoms in total. The molecule has 33 heavy (non-hydrogen) atoms. The third kappa shape index (κ3) is 6.35. The van der Waals surface area contributed by atoms with Gasteiger partial charge in [0.2, 0.25) is 0 Å². The van der Waals surface area contributed by atoms with Crippen LogP contribution in [0.4, 0.5) is 0 Å². The van der Waals surface area contributed by atoms with Crippen molar-refractivity contribution in [2.45, 2.75) is 19.3 Å². The second-order valence-electron chi connectivity index (χ2n) is 8.30. The molecular weight excluding hydrogens is 409 g/mol. The molecule has 1 aliphatic heterocycles. The van der Waals surface area contributed by atoms with Gasteiger partial charge in [-0.3, -0.25) is 0 Å². The molecule has 1 N–H and O–H groups in total. The van der Waals surface area contributed by atoms with Crippen LogP contribution in [0.3, 0.4) is 0 Å². The Balaban J connectivity index is 1.56. The number of ether oxygens (including phenoxy) is 1. The highest BCUT2D eigenvalue weighted by Crippen LogP contribution is 2.33. The molecule has 0 aliphatic carbocycles. The van der Waals surface area contributed by atoms with Crippen molar-refractivity contribution in [3.63, 3.8) is 0 Å². The molecule has 0 radical (unpaired) electrons. The van der Waals surface area contributed by atoms with E-state index < -0.39 is 0 Å². The van der Waals surface area contributed by atoms with Crippen LogP contribution in [0.15, 0.2) is 78.9 Å². The van der Waals surface area contributed by atoms with Gasteiger partial charge in [-0.25, -0.2) is 0 Å². The smallest absolute Gasteiger partial charge is 0.492 e. The fraction of sp³-hybridized carbons (Fsp3) is 0.286. The Morgan fingerprint density at radius 3 is 2.33 bits per heavy atom. The van der Waals surface area contributed by atoms with Gasteiger partial charge in [-0.05, 0) is 53.3 Å². The van der Waals surface area contributed by atoms with Gasteiger partial charge < -0.3 is 19.4 Å². The predicted octanol–water partition coefficient (Wildman–Crippen LogP) is 4.76. The molecule has 1 saturated heterocycles. The standard InChI is InChI=1S/C28H32BNO3/c1-22(24-11-13-26(14-12-24)29-32-18-6-19-33-29)28(25-7-4-3-5-8-25)21-23-9-15-27(16-10-23)31-20-17-30-2/h3-5,7-16,21-22,30H,6,17-20H2,1-2H3. The molecule has 3 aromatic rings. The average Bonchev–Trinajstić information content (AvgIpc) is 2.89. The highest BCUT2D eigenvalue weighted by Gasteiger charge is 2.24. The first-order valence-corrected chi connectivity index (χ1v) is 11.7. The second-order valence-corrected chi connectivity index (χ2v) is 8.30. The molecule has 1 aliphatic rings. The molecule has 0 spiro atoms. The predicted molar refractivity (Wildman–Crippen MR) is 137 cm³/mol. The summed E-state index contributed by atoms with van der Waals surface area (Å²) >= 11 is 0. The van der Waals surface area contributed by atoms with Crippen LogP contribution in [0.5, 0.6) is 5.75 Å². The number of rotatable bonds is 9. The third-order valence-corrected chi connectivity index (χ3v) is 5.93. The Morgan fingerprint density at radius 2 is 1.67 bits per heavy atom. The quantitative estimate of drug-likeness (QED) is 0.295. The number of nitrogens with one attached hydrogen (secondary N) is 1. The van der Waals surface area contributed by atoms with E-state index >= 15 is 0 Å². The lowest BCUT2D eigenvalue weighted by atomic mass is 9.76. The van der Waals surface area contributed by atoms with Crippen LogP contribution in [0.25, 0.3) is 11.6 Å². The lowest BCUT2D eigenvalue weighted by molar-refractivity contribution is 0.143. The first kappa shape index (κ1) is 23.3. The Bertz CT molecular complexity index is 1010. The van der Waals surface area contributed by atoms with Crippen molar-refractivity contribution in [3.8, 4) is 5.75 Å². The first-order valence-electron chi connectivity index (χ1n) is 11.7. The normalized spacial score (nSPS) is 15.3. The summed E-state index contributed by atoms with van der Waals surface area (Å²) in [6.45, 7) is 5.25. The molecule has 1 unspecified atom stereocenters. The molecule has 3 aromatic carbocycles. The van der Waals surface area contributed by atoms with E-state index in [-0.39, 0.29) is 13.0 Å². The minimum Gasteiger partial charge on any atom is -0.492 e. The van der Waals surface area contributed by atoms with E-state index in [1.54, 1.807) is 0 Å². The molecule has 0 bridgehead atoms. The molecule has 0 saturated carbocycles. The fourth-order valence-electron chi connectivity index (χ4n) is 4.00. The SMILES string of the molecule is CNCCOc1ccc(C=C(c2ccccc2)C(C)c2ccc(B3OCCCO3)cc2)cc1. The van der Waals surface area contributed by atoms with Gasteiger partial charge in [-0.15, -0.1) is 0 Å². The Kier molecular flexibility index (Phi) is 8.37. The first-order chi connectivity index (χ1) is 16.2. The van der Waals surface area contributed by atoms with Gasteiger partial charge in [-0.1, -0.05) is 79.7 Å². The van der Waals surface area contributed by atoms with Crippen molar-refractivity contribution in [1.82, 2.24) is 5.32 Å². The minimum absolute atomic E-state index is 0.223. The largest absolute Gasteiger partial charge is 0.493 e. The van der Waals surface area contributed by atoms with E-state index in [0.717, 1.165) is 43.0 Å². The molecule has 170 valence electrons. The molecule has 4 rings (SSSR count). The average molecular weight is 441 g/mol. The molecule has 1 atom stereocenters. The van der Waals surface area contributed by atoms with Crippen molar-refractivity contribution in [1.29, 1.82) is 0 Å². The van der Waals surface area contributed by atoms with Crippen LogP contribution in [-0.2, 0) is 9.31 Å². The zero-order valence-electron chi connectivity index (χ0n) is 19.5. The summed E-state index contributed by atoms with van der Waals surface area (Å²) in [5.74, 6) is 1.11. The lowest BCUT2D eigenvalue weighted by Crippen LogP contribution is -2.40. The van der Waals surface area contributed by atoms with Crippen LogP contribution in [-0.4, -0.2) is 40.5 Å². The fourth-order valence-corrected chi connectivity index (χ4v) is 4.00. The second kappa shape index (κ2) is 11.8. The maximum atomic E-state index is 5.77. The van der Waals surface area contributed by atoms with Gasteiger partial charge in [0, 0.05) is 25.7 Å². The molecule has 5 heteroatoms. The van der Waals surface area contributed by atoms with Gasteiger partial charge in [-0.2, -0.15) is 0 Å². The summed E-state index contributed by atoms with van der Waals surface area (Å²) < 4.78 is 17.3. The van der Waals surface area contributed by atoms with E-state index in [4.69, 9.17) is 14.0 Å². The van der Waals surface area contributed by atoms with Crippen LogP contribution in [0.1, 0.15) is 36.0 Å². The van der Waals surface area contributed by atoms with E-state index in [1.807, 2.05) is 19.2 Å². The molecular formula is C28H32BNO3. The summed E-state index contributed by atoms with van der Waals surface area (Å²) in [6, 6.07) is 27.5. The van der Waals surface area contributed by atoms with Gasteiger partial charge in [0.25, 0.3) is 0 Å². The molecule has 0 amide bonds. The van der Waals surface area contributed by atoms with E-state index in [1.165, 1.54) is 16.7 Å². The van der Waals surface area contributed by atoms with Crippen molar-refractivity contribution in [3.05, 3.63) is 95.6 Å². The highest BCUT2D eigenvalue weighted by molar-refractivity contribution is 6.61. The van der Waals surface area contributed by atoms with Gasteiger partial charge in [0.05, 0.1) is 0 Å². The molecule has 1 heterocycles. The Labute approximate surface area is 197 Å². The summed E-state index contributed by atoms with van der Waals surface area (Å²) in [4.78, 5) is 0. The number of allylic oxidation sites excluding steroid dienone is 1. The van der Waals surface area contributed by atoms with Crippen LogP contribution < -0.4 is 15.5 Å². The van der Waals surface area contributed by atoms with Crippen molar-refractivity contribution in [2.24, 2.45) is 0 Å². The highest BCUT2D eigenvalue weighted by atomic mass is 16.6. The molecule has 0 aromatic heterocycles. The van der Waals surface area contributed by atoms with Crippen molar-refractivity contribution < 1.29 is 14.0 Å². The van der Waals surface area contributed by atoms with Gasteiger partial charge in [0.1, 0.15) is 12.4 Å². The summed E-state index contributed by atoms with van der Waals surface area (Å²) in [5.41, 5.74) is 5.99. The zero-order chi connectivity index (χ0) is 22.9. The lowest BCUT2D eigenvalue weighted by Gasteiger charge is -2.21. The van der Waals surface area contributed by atoms with Gasteiger partial charge in [0.15, 0.2) is 0 Å². The maximum Gasteiger partial charge on any atom is 0.493 e. The number of hydrogen-bond donors (Lipinski definition) is 1. The number of likely N-dealkylation sites (N-methyl/N-ethyl adjacent to an activating group) is 1. The van der Waals surface area contributed by atoms with Crippen LogP contribution in [0.2, 0.25) is 0 Å².